The van der Waals surface area contributed by atoms with Crippen LogP contribution in [0.3, 0.4) is 0 Å². The van der Waals surface area contributed by atoms with Gasteiger partial charge in [0.05, 0.1) is 25.4 Å². The second-order valence-electron chi connectivity index (χ2n) is 9.78. The van der Waals surface area contributed by atoms with Crippen molar-refractivity contribution in [3.63, 3.8) is 0 Å². The van der Waals surface area contributed by atoms with Crippen LogP contribution in [0.15, 0.2) is 24.4 Å². The van der Waals surface area contributed by atoms with Gasteiger partial charge in [-0.2, -0.15) is 0 Å². The van der Waals surface area contributed by atoms with E-state index in [4.69, 9.17) is 19.2 Å². The third-order valence-electron chi connectivity index (χ3n) is 7.22. The van der Waals surface area contributed by atoms with Crippen molar-refractivity contribution in [2.24, 2.45) is 0 Å². The van der Waals surface area contributed by atoms with Gasteiger partial charge in [-0.3, -0.25) is 0 Å². The number of likely N-dealkylation sites (tertiary alicyclic amines) is 1. The Morgan fingerprint density at radius 3 is 2.75 bits per heavy atom. The zero-order valence-corrected chi connectivity index (χ0v) is 21.7. The molecule has 0 unspecified atom stereocenters. The van der Waals surface area contributed by atoms with Crippen LogP contribution in [0.5, 0.6) is 11.5 Å². The predicted molar refractivity (Wildman–Crippen MR) is 143 cm³/mol. The first-order chi connectivity index (χ1) is 17.6. The Bertz CT molecular complexity index is 1150. The van der Waals surface area contributed by atoms with Crippen molar-refractivity contribution in [1.82, 2.24) is 19.9 Å². The molecule has 2 N–H and O–H groups in total. The molecule has 0 aromatic carbocycles. The highest BCUT2D eigenvalue weighted by atomic mass is 16.5. The Kier molecular flexibility index (Phi) is 7.77. The van der Waals surface area contributed by atoms with Gasteiger partial charge in [-0.05, 0) is 64.3 Å². The van der Waals surface area contributed by atoms with Crippen molar-refractivity contribution in [3.8, 4) is 11.5 Å². The molecule has 3 aromatic heterocycles. The Balaban J connectivity index is 1.32. The summed E-state index contributed by atoms with van der Waals surface area (Å²) >= 11 is 0. The van der Waals surface area contributed by atoms with E-state index >= 15 is 0 Å². The summed E-state index contributed by atoms with van der Waals surface area (Å²) in [5, 5.41) is 4.45. The maximum absolute atomic E-state index is 6.11. The normalized spacial score (nSPS) is 17.0. The van der Waals surface area contributed by atoms with Crippen LogP contribution >= 0.6 is 0 Å². The molecule has 0 saturated carbocycles. The number of pyridine rings is 2. The quantitative estimate of drug-likeness (QED) is 0.399. The molecule has 2 saturated heterocycles. The minimum atomic E-state index is 0.464. The number of rotatable bonds is 10. The van der Waals surface area contributed by atoms with E-state index in [2.05, 4.69) is 44.3 Å². The largest absolute Gasteiger partial charge is 0.491 e. The highest BCUT2D eigenvalue weighted by Crippen LogP contribution is 2.33. The number of aromatic amines is 1. The number of anilines is 3. The lowest BCUT2D eigenvalue weighted by Gasteiger charge is -2.31. The molecule has 9 heteroatoms. The molecule has 0 atom stereocenters. The van der Waals surface area contributed by atoms with Gasteiger partial charge in [0.2, 0.25) is 0 Å². The van der Waals surface area contributed by atoms with Crippen molar-refractivity contribution in [2.45, 2.75) is 45.1 Å². The second kappa shape index (κ2) is 11.3. The molecule has 2 fully saturated rings. The number of hydrogen-bond acceptors (Lipinski definition) is 8. The molecule has 5 heterocycles. The van der Waals surface area contributed by atoms with Crippen LogP contribution in [0.1, 0.15) is 37.8 Å². The monoisotopic (exact) mass is 494 g/mol. The second-order valence-corrected chi connectivity index (χ2v) is 9.78. The lowest BCUT2D eigenvalue weighted by molar-refractivity contribution is 0.0854. The average Bonchev–Trinajstić information content (AvgIpc) is 3.57. The fourth-order valence-corrected chi connectivity index (χ4v) is 5.15. The molecule has 9 nitrogen and oxygen atoms in total. The lowest BCUT2D eigenvalue weighted by atomic mass is 10.1. The van der Waals surface area contributed by atoms with Gasteiger partial charge in [0.25, 0.3) is 0 Å². The summed E-state index contributed by atoms with van der Waals surface area (Å²) in [4.78, 5) is 17.7. The van der Waals surface area contributed by atoms with Crippen LogP contribution in [-0.2, 0) is 4.74 Å². The molecule has 2 aliphatic heterocycles. The summed E-state index contributed by atoms with van der Waals surface area (Å²) in [6.07, 6.45) is 7.37. The highest BCUT2D eigenvalue weighted by Gasteiger charge is 2.21. The van der Waals surface area contributed by atoms with E-state index < -0.39 is 0 Å². The average molecular weight is 495 g/mol. The smallest absolute Gasteiger partial charge is 0.179 e. The van der Waals surface area contributed by atoms with E-state index in [1.165, 1.54) is 25.9 Å². The van der Waals surface area contributed by atoms with Crippen molar-refractivity contribution in [2.75, 3.05) is 63.8 Å². The van der Waals surface area contributed by atoms with Gasteiger partial charge in [0.1, 0.15) is 17.5 Å². The number of hydrogen-bond donors (Lipinski definition) is 2. The van der Waals surface area contributed by atoms with Crippen LogP contribution in [0.25, 0.3) is 10.9 Å². The number of H-pyrrole nitrogens is 1. The van der Waals surface area contributed by atoms with Crippen molar-refractivity contribution in [3.05, 3.63) is 30.1 Å². The molecule has 0 bridgehead atoms. The first-order valence-corrected chi connectivity index (χ1v) is 13.1. The summed E-state index contributed by atoms with van der Waals surface area (Å²) in [7, 11) is 3.79. The van der Waals surface area contributed by atoms with Crippen molar-refractivity contribution < 1.29 is 14.2 Å². The van der Waals surface area contributed by atoms with Gasteiger partial charge in [0.15, 0.2) is 11.5 Å². The number of fused-ring (bicyclic) bond motifs is 1. The molecule has 194 valence electrons. The Morgan fingerprint density at radius 1 is 1.17 bits per heavy atom. The van der Waals surface area contributed by atoms with E-state index in [0.717, 1.165) is 67.3 Å². The Labute approximate surface area is 213 Å². The summed E-state index contributed by atoms with van der Waals surface area (Å²) in [5.41, 5.74) is 1.98. The van der Waals surface area contributed by atoms with Gasteiger partial charge >= 0.3 is 0 Å². The van der Waals surface area contributed by atoms with E-state index in [1.54, 1.807) is 13.3 Å². The number of aromatic nitrogens is 3. The SMILES string of the molecule is COc1cnc(Nc2nc(C)cc3[nH]c(N(C)C4CCOCC4)cc23)cc1OCCCN1CCCC1. The molecular weight excluding hydrogens is 456 g/mol. The van der Waals surface area contributed by atoms with Gasteiger partial charge in [-0.15, -0.1) is 0 Å². The summed E-state index contributed by atoms with van der Waals surface area (Å²) < 4.78 is 17.1. The van der Waals surface area contributed by atoms with Gasteiger partial charge in [-0.1, -0.05) is 0 Å². The first-order valence-electron chi connectivity index (χ1n) is 13.1. The van der Waals surface area contributed by atoms with Gasteiger partial charge < -0.3 is 34.3 Å². The summed E-state index contributed by atoms with van der Waals surface area (Å²) in [5.74, 6) is 3.84. The number of nitrogens with zero attached hydrogens (tertiary/aromatic N) is 4. The molecule has 2 aliphatic rings. The molecule has 36 heavy (non-hydrogen) atoms. The maximum atomic E-state index is 6.11. The predicted octanol–water partition coefficient (Wildman–Crippen LogP) is 4.50. The van der Waals surface area contributed by atoms with Crippen molar-refractivity contribution >= 4 is 28.4 Å². The minimum absolute atomic E-state index is 0.464. The zero-order chi connectivity index (χ0) is 24.9. The van der Waals surface area contributed by atoms with Crippen LogP contribution in [0, 0.1) is 6.92 Å². The third-order valence-corrected chi connectivity index (χ3v) is 7.22. The van der Waals surface area contributed by atoms with Gasteiger partial charge in [0, 0.05) is 50.0 Å². The van der Waals surface area contributed by atoms with Crippen LogP contribution in [0.2, 0.25) is 0 Å². The topological polar surface area (TPSA) is 87.8 Å². The molecule has 0 amide bonds. The summed E-state index contributed by atoms with van der Waals surface area (Å²) in [6.45, 7) is 7.75. The van der Waals surface area contributed by atoms with Gasteiger partial charge in [-0.25, -0.2) is 9.97 Å². The van der Waals surface area contributed by atoms with Crippen LogP contribution < -0.4 is 19.7 Å². The van der Waals surface area contributed by atoms with E-state index in [0.29, 0.717) is 30.0 Å². The van der Waals surface area contributed by atoms with Crippen LogP contribution in [-0.4, -0.2) is 79.5 Å². The molecular formula is C27H38N6O3. The third kappa shape index (κ3) is 5.68. The van der Waals surface area contributed by atoms with E-state index in [-0.39, 0.29) is 0 Å². The summed E-state index contributed by atoms with van der Waals surface area (Å²) in [6, 6.07) is 6.61. The molecule has 3 aromatic rings. The highest BCUT2D eigenvalue weighted by molar-refractivity contribution is 5.94. The Morgan fingerprint density at radius 2 is 1.97 bits per heavy atom. The van der Waals surface area contributed by atoms with Crippen LogP contribution in [0.4, 0.5) is 17.5 Å². The fourth-order valence-electron chi connectivity index (χ4n) is 5.15. The molecule has 5 rings (SSSR count). The zero-order valence-electron chi connectivity index (χ0n) is 21.7. The number of aryl methyl sites for hydroxylation is 1. The lowest BCUT2D eigenvalue weighted by Crippen LogP contribution is -2.36. The van der Waals surface area contributed by atoms with Crippen molar-refractivity contribution in [1.29, 1.82) is 0 Å². The van der Waals surface area contributed by atoms with E-state index in [1.807, 2.05) is 13.0 Å². The molecule has 0 spiro atoms. The number of ether oxygens (including phenoxy) is 3. The molecule has 0 radical (unpaired) electrons. The van der Waals surface area contributed by atoms with E-state index in [9.17, 15) is 0 Å². The number of nitrogens with one attached hydrogen (secondary N) is 2. The maximum Gasteiger partial charge on any atom is 0.179 e. The standard InChI is InChI=1S/C27H38N6O3/c1-19-15-22-21(16-26(30-22)32(2)20-7-13-35-14-8-20)27(29-19)31-25-17-23(24(34-3)18-28-25)36-12-6-11-33-9-4-5-10-33/h15-18,20,30H,4-14H2,1-3H3,(H,28,29,31). The Hall–Kier alpha value is -3.04. The number of methoxy groups -OCH3 is 1. The minimum Gasteiger partial charge on any atom is -0.491 e. The molecule has 0 aliphatic carbocycles. The fraction of sp³-hybridized carbons (Fsp3) is 0.556. The first kappa shape index (κ1) is 24.6.